The first-order chi connectivity index (χ1) is 19.6. The fourth-order valence-corrected chi connectivity index (χ4v) is 4.03. The van der Waals surface area contributed by atoms with Crippen molar-refractivity contribution in [1.82, 2.24) is 5.32 Å². The number of carboxylic acid groups (broad SMARTS) is 1. The lowest BCUT2D eigenvalue weighted by Gasteiger charge is -2.21. The summed E-state index contributed by atoms with van der Waals surface area (Å²) in [7, 11) is 2.94. The van der Waals surface area contributed by atoms with Gasteiger partial charge in [-0.3, -0.25) is 14.4 Å². The molecule has 5 N–H and O–H groups in total. The highest BCUT2D eigenvalue weighted by Gasteiger charge is 2.24. The second kappa shape index (κ2) is 14.4. The van der Waals surface area contributed by atoms with E-state index in [9.17, 15) is 24.3 Å². The van der Waals surface area contributed by atoms with Crippen LogP contribution in [0.15, 0.2) is 66.7 Å². The second-order valence-corrected chi connectivity index (χ2v) is 9.40. The van der Waals surface area contributed by atoms with Gasteiger partial charge in [-0.25, -0.2) is 4.79 Å². The fraction of sp³-hybridized carbons (Fsp3) is 0.267. The Bertz CT molecular complexity index is 1390. The van der Waals surface area contributed by atoms with E-state index in [4.69, 9.17) is 9.47 Å². The quantitative estimate of drug-likeness (QED) is 0.209. The Morgan fingerprint density at radius 1 is 0.805 bits per heavy atom. The largest absolute Gasteiger partial charge is 0.493 e. The molecule has 2 atom stereocenters. The highest BCUT2D eigenvalue weighted by atomic mass is 16.5. The van der Waals surface area contributed by atoms with Crippen LogP contribution in [0.5, 0.6) is 11.5 Å². The smallest absolute Gasteiger partial charge is 0.323 e. The molecule has 0 aliphatic rings. The normalized spacial score (nSPS) is 11.9. The number of urea groups is 1. The molecule has 11 nitrogen and oxygen atoms in total. The third-order valence-corrected chi connectivity index (χ3v) is 6.26. The van der Waals surface area contributed by atoms with Crippen molar-refractivity contribution in [1.29, 1.82) is 0 Å². The van der Waals surface area contributed by atoms with E-state index in [1.165, 1.54) is 14.2 Å². The SMILES string of the molecule is COc1ccc(C(CC(=O)O)NC(=O)C(C)CC(=O)Nc2ccc(NC(=O)Nc3ccccc3C)cc2)cc1OC. The molecular formula is C30H34N4O7. The van der Waals surface area contributed by atoms with Crippen LogP contribution in [0.25, 0.3) is 0 Å². The molecule has 11 heteroatoms. The van der Waals surface area contributed by atoms with E-state index in [1.807, 2.05) is 25.1 Å². The molecule has 0 saturated heterocycles. The van der Waals surface area contributed by atoms with Gasteiger partial charge in [-0.05, 0) is 60.5 Å². The average Bonchev–Trinajstić information content (AvgIpc) is 2.94. The molecule has 3 aromatic carbocycles. The predicted octanol–water partition coefficient (Wildman–Crippen LogP) is 4.95. The summed E-state index contributed by atoms with van der Waals surface area (Å²) >= 11 is 0. The predicted molar refractivity (Wildman–Crippen MR) is 155 cm³/mol. The summed E-state index contributed by atoms with van der Waals surface area (Å²) in [5.74, 6) is -1.84. The van der Waals surface area contributed by atoms with E-state index >= 15 is 0 Å². The third kappa shape index (κ3) is 8.99. The standard InChI is InChI=1S/C30H34N4O7/c1-18-7-5-6-8-23(18)34-30(39)32-22-12-10-21(11-13-22)31-27(35)15-19(2)29(38)33-24(17-28(36)37)20-9-14-25(40-3)26(16-20)41-4/h5-14,16,19,24H,15,17H2,1-4H3,(H,31,35)(H,33,38)(H,36,37)(H2,32,34,39). The Labute approximate surface area is 238 Å². The van der Waals surface area contributed by atoms with Gasteiger partial charge in [0, 0.05) is 29.4 Å². The number of aliphatic carboxylic acids is 1. The van der Waals surface area contributed by atoms with Crippen molar-refractivity contribution < 1.29 is 33.8 Å². The molecule has 0 bridgehead atoms. The average molecular weight is 563 g/mol. The second-order valence-electron chi connectivity index (χ2n) is 9.40. The lowest BCUT2D eigenvalue weighted by atomic mass is 10.0. The van der Waals surface area contributed by atoms with Gasteiger partial charge in [-0.15, -0.1) is 0 Å². The molecule has 0 spiro atoms. The number of hydrogen-bond acceptors (Lipinski definition) is 6. The number of benzene rings is 3. The molecule has 4 amide bonds. The van der Waals surface area contributed by atoms with Crippen molar-refractivity contribution in [2.24, 2.45) is 5.92 Å². The number of methoxy groups -OCH3 is 2. The van der Waals surface area contributed by atoms with E-state index in [1.54, 1.807) is 55.5 Å². The molecule has 2 unspecified atom stereocenters. The zero-order valence-corrected chi connectivity index (χ0v) is 23.3. The lowest BCUT2D eigenvalue weighted by Crippen LogP contribution is -2.35. The molecule has 0 aliphatic heterocycles. The molecule has 216 valence electrons. The molecule has 0 saturated carbocycles. The number of aryl methyl sites for hydroxylation is 1. The Hall–Kier alpha value is -5.06. The van der Waals surface area contributed by atoms with E-state index < -0.39 is 35.8 Å². The summed E-state index contributed by atoms with van der Waals surface area (Å²) < 4.78 is 10.5. The van der Waals surface area contributed by atoms with Gasteiger partial charge >= 0.3 is 12.0 Å². The third-order valence-electron chi connectivity index (χ3n) is 6.26. The van der Waals surface area contributed by atoms with Crippen molar-refractivity contribution in [3.8, 4) is 11.5 Å². The van der Waals surface area contributed by atoms with Crippen LogP contribution in [0.1, 0.15) is 36.9 Å². The van der Waals surface area contributed by atoms with Gasteiger partial charge in [0.1, 0.15) is 0 Å². The van der Waals surface area contributed by atoms with Crippen LogP contribution in [-0.2, 0) is 14.4 Å². The first-order valence-electron chi connectivity index (χ1n) is 12.9. The van der Waals surface area contributed by atoms with Crippen LogP contribution in [0.2, 0.25) is 0 Å². The molecule has 0 aliphatic carbocycles. The maximum Gasteiger partial charge on any atom is 0.323 e. The first kappa shape index (κ1) is 30.5. The number of amides is 4. The zero-order valence-electron chi connectivity index (χ0n) is 23.3. The van der Waals surface area contributed by atoms with Gasteiger partial charge < -0.3 is 35.8 Å². The minimum atomic E-state index is -1.10. The molecule has 0 heterocycles. The highest BCUT2D eigenvalue weighted by molar-refractivity contribution is 6.00. The molecule has 3 rings (SSSR count). The first-order valence-corrected chi connectivity index (χ1v) is 12.9. The molecule has 0 aromatic heterocycles. The van der Waals surface area contributed by atoms with Gasteiger partial charge in [0.2, 0.25) is 11.8 Å². The molecule has 41 heavy (non-hydrogen) atoms. The number of carbonyl (C=O) groups excluding carboxylic acids is 3. The van der Waals surface area contributed by atoms with E-state index in [0.29, 0.717) is 34.1 Å². The van der Waals surface area contributed by atoms with Crippen molar-refractivity contribution in [3.63, 3.8) is 0 Å². The van der Waals surface area contributed by atoms with Crippen LogP contribution in [0, 0.1) is 12.8 Å². The topological polar surface area (TPSA) is 155 Å². The van der Waals surface area contributed by atoms with E-state index in [2.05, 4.69) is 21.3 Å². The number of carboxylic acids is 1. The van der Waals surface area contributed by atoms with Crippen LogP contribution in [0.3, 0.4) is 0 Å². The minimum Gasteiger partial charge on any atom is -0.493 e. The number of ether oxygens (including phenoxy) is 2. The number of carbonyl (C=O) groups is 4. The molecule has 0 fully saturated rings. The molecule has 3 aromatic rings. The van der Waals surface area contributed by atoms with Gasteiger partial charge in [-0.1, -0.05) is 31.2 Å². The maximum absolute atomic E-state index is 12.9. The van der Waals surface area contributed by atoms with Crippen molar-refractivity contribution >= 4 is 40.9 Å². The van der Waals surface area contributed by atoms with Gasteiger partial charge in [0.05, 0.1) is 26.7 Å². The minimum absolute atomic E-state index is 0.129. The van der Waals surface area contributed by atoms with Crippen molar-refractivity contribution in [2.45, 2.75) is 32.7 Å². The van der Waals surface area contributed by atoms with Gasteiger partial charge in [0.25, 0.3) is 0 Å². The Kier molecular flexibility index (Phi) is 10.7. The Morgan fingerprint density at radius 2 is 1.44 bits per heavy atom. The van der Waals surface area contributed by atoms with Crippen LogP contribution in [-0.4, -0.2) is 43.1 Å². The van der Waals surface area contributed by atoms with E-state index in [0.717, 1.165) is 5.56 Å². The summed E-state index contributed by atoms with van der Waals surface area (Å²) in [6, 6.07) is 17.6. The summed E-state index contributed by atoms with van der Waals surface area (Å²) in [4.78, 5) is 49.3. The van der Waals surface area contributed by atoms with Crippen LogP contribution >= 0.6 is 0 Å². The number of rotatable bonds is 12. The summed E-state index contributed by atoms with van der Waals surface area (Å²) in [6.07, 6.45) is -0.486. The molecule has 0 radical (unpaired) electrons. The monoisotopic (exact) mass is 562 g/mol. The highest BCUT2D eigenvalue weighted by Crippen LogP contribution is 2.31. The maximum atomic E-state index is 12.9. The number of para-hydroxylation sites is 1. The van der Waals surface area contributed by atoms with Crippen LogP contribution in [0.4, 0.5) is 21.9 Å². The van der Waals surface area contributed by atoms with E-state index in [-0.39, 0.29) is 12.8 Å². The van der Waals surface area contributed by atoms with Gasteiger partial charge in [0.15, 0.2) is 11.5 Å². The van der Waals surface area contributed by atoms with Crippen molar-refractivity contribution in [3.05, 3.63) is 77.9 Å². The van der Waals surface area contributed by atoms with Gasteiger partial charge in [-0.2, -0.15) is 0 Å². The van der Waals surface area contributed by atoms with Crippen molar-refractivity contribution in [2.75, 3.05) is 30.2 Å². The molecular weight excluding hydrogens is 528 g/mol. The number of anilines is 3. The zero-order chi connectivity index (χ0) is 29.9. The number of hydrogen-bond donors (Lipinski definition) is 5. The number of nitrogens with one attached hydrogen (secondary N) is 4. The lowest BCUT2D eigenvalue weighted by molar-refractivity contribution is -0.138. The summed E-state index contributed by atoms with van der Waals surface area (Å²) in [5, 5.41) is 20.3. The summed E-state index contributed by atoms with van der Waals surface area (Å²) in [5.41, 5.74) is 3.17. The summed E-state index contributed by atoms with van der Waals surface area (Å²) in [6.45, 7) is 3.48. The fourth-order valence-electron chi connectivity index (χ4n) is 4.03. The Morgan fingerprint density at radius 3 is 2.05 bits per heavy atom. The van der Waals surface area contributed by atoms with Crippen LogP contribution < -0.4 is 30.7 Å². The Balaban J connectivity index is 1.55.